The summed E-state index contributed by atoms with van der Waals surface area (Å²) in [4.78, 5) is 40.7. The summed E-state index contributed by atoms with van der Waals surface area (Å²) in [6.45, 7) is -0.652. The van der Waals surface area contributed by atoms with Crippen molar-refractivity contribution in [2.24, 2.45) is 35.0 Å². The zero-order valence-electron chi connectivity index (χ0n) is 20.2. The van der Waals surface area contributed by atoms with Crippen LogP contribution in [0.5, 0.6) is 5.75 Å². The fourth-order valence-electron chi connectivity index (χ4n) is 8.81. The Morgan fingerprint density at radius 1 is 0.973 bits per heavy atom. The number of carbonyl (C=O) groups is 3. The number of hydrogen-bond donors (Lipinski definition) is 1. The summed E-state index contributed by atoms with van der Waals surface area (Å²) < 4.78 is 23.6. The highest BCUT2D eigenvalue weighted by Gasteiger charge is 2.75. The maximum absolute atomic E-state index is 13.7. The summed E-state index contributed by atoms with van der Waals surface area (Å²) in [5.41, 5.74) is -0.438. The molecule has 6 bridgehead atoms. The molecule has 0 radical (unpaired) electrons. The lowest BCUT2D eigenvalue weighted by Crippen LogP contribution is -2.55. The van der Waals surface area contributed by atoms with Crippen LogP contribution >= 0.6 is 12.6 Å². The van der Waals surface area contributed by atoms with Gasteiger partial charge >= 0.3 is 18.9 Å². The fourth-order valence-corrected chi connectivity index (χ4v) is 9.02. The average Bonchev–Trinajstić information content (AvgIpc) is 3.47. The van der Waals surface area contributed by atoms with Crippen molar-refractivity contribution in [2.75, 3.05) is 0 Å². The van der Waals surface area contributed by atoms with Crippen molar-refractivity contribution in [2.45, 2.75) is 61.5 Å². The summed E-state index contributed by atoms with van der Waals surface area (Å²) in [5, 5.41) is 1.89. The molecule has 2 aromatic carbocycles. The van der Waals surface area contributed by atoms with Crippen molar-refractivity contribution in [3.8, 4) is 5.75 Å². The molecule has 5 atom stereocenters. The van der Waals surface area contributed by atoms with Crippen LogP contribution in [0.3, 0.4) is 0 Å². The minimum absolute atomic E-state index is 0.197. The molecule has 4 saturated carbocycles. The van der Waals surface area contributed by atoms with Gasteiger partial charge in [0.25, 0.3) is 5.97 Å². The Kier molecular flexibility index (Phi) is 4.71. The minimum atomic E-state index is -0.874. The number of carbonyl (C=O) groups excluding carboxylic acids is 3. The predicted molar refractivity (Wildman–Crippen MR) is 135 cm³/mol. The van der Waals surface area contributed by atoms with Gasteiger partial charge in [-0.05, 0) is 91.3 Å². The number of benzene rings is 2. The van der Waals surface area contributed by atoms with E-state index in [-0.39, 0.29) is 5.97 Å². The second-order valence-electron chi connectivity index (χ2n) is 12.2. The van der Waals surface area contributed by atoms with Crippen molar-refractivity contribution in [3.05, 3.63) is 36.4 Å². The average molecular weight is 518 g/mol. The first-order valence-electron chi connectivity index (χ1n) is 13.4. The summed E-state index contributed by atoms with van der Waals surface area (Å²) in [5.74, 6) is -0.642. The molecule has 5 unspecified atom stereocenters. The highest BCUT2D eigenvalue weighted by Crippen LogP contribution is 2.61. The number of fused-ring (bicyclic) bond motifs is 2. The Labute approximate surface area is 220 Å². The summed E-state index contributed by atoms with van der Waals surface area (Å²) >= 11 is 4.37. The molecule has 2 aromatic rings. The van der Waals surface area contributed by atoms with Gasteiger partial charge in [-0.2, -0.15) is 0 Å². The van der Waals surface area contributed by atoms with Crippen molar-refractivity contribution < 1.29 is 33.2 Å². The smallest absolute Gasteiger partial charge is 0.435 e. The topological polar surface area (TPSA) is 88.1 Å². The van der Waals surface area contributed by atoms with Gasteiger partial charge in [-0.1, -0.05) is 12.1 Å². The molecule has 0 spiro atoms. The molecule has 7 aliphatic rings. The lowest BCUT2D eigenvalue weighted by atomic mass is 9.49. The van der Waals surface area contributed by atoms with Gasteiger partial charge in [0.15, 0.2) is 0 Å². The van der Waals surface area contributed by atoms with E-state index in [0.29, 0.717) is 23.5 Å². The molecule has 3 heterocycles. The molecule has 7 fully saturated rings. The standard InChI is InChI=1S/C28H27BO7S/c30-25(33-18-3-1-17-9-19(37)4-2-16(17)8-18)20-21-23-29(36-26(21)31)24(22(20)34-23)35-27(32)28-10-13-5-14(11-28)7-15(6-13)12-28/h1-4,8-9,13-15,20-24,37H,5-7,10-12H2. The monoisotopic (exact) mass is 518 g/mol. The van der Waals surface area contributed by atoms with E-state index in [1.54, 1.807) is 12.1 Å². The molecule has 9 heteroatoms. The first-order chi connectivity index (χ1) is 17.9. The Morgan fingerprint density at radius 3 is 2.38 bits per heavy atom. The van der Waals surface area contributed by atoms with Gasteiger partial charge in [0.1, 0.15) is 23.8 Å². The SMILES string of the molecule is O=C1OB2C(OC(=O)C34CC5CC(CC(C5)C3)C4)C3OC2C1C3C(=O)Oc1ccc2cc(S)ccc2c1. The molecule has 0 N–H and O–H groups in total. The zero-order valence-corrected chi connectivity index (χ0v) is 21.1. The van der Waals surface area contributed by atoms with E-state index in [1.807, 2.05) is 24.3 Å². The number of rotatable bonds is 4. The lowest BCUT2D eigenvalue weighted by molar-refractivity contribution is -0.178. The van der Waals surface area contributed by atoms with Crippen molar-refractivity contribution in [1.29, 1.82) is 0 Å². The van der Waals surface area contributed by atoms with Crippen LogP contribution in [-0.2, 0) is 28.5 Å². The molecule has 0 amide bonds. The third kappa shape index (κ3) is 3.29. The Bertz CT molecular complexity index is 1320. The van der Waals surface area contributed by atoms with Crippen LogP contribution in [0.4, 0.5) is 0 Å². The zero-order chi connectivity index (χ0) is 25.1. The van der Waals surface area contributed by atoms with Crippen LogP contribution < -0.4 is 4.74 Å². The van der Waals surface area contributed by atoms with Gasteiger partial charge < -0.3 is 18.9 Å². The minimum Gasteiger partial charge on any atom is -0.529 e. The van der Waals surface area contributed by atoms with Gasteiger partial charge in [-0.15, -0.1) is 12.6 Å². The molecule has 0 aromatic heterocycles. The number of ether oxygens (including phenoxy) is 3. The van der Waals surface area contributed by atoms with Gasteiger partial charge in [0, 0.05) is 4.90 Å². The summed E-state index contributed by atoms with van der Waals surface area (Å²) in [6, 6.07) is 9.73. The van der Waals surface area contributed by atoms with E-state index in [9.17, 15) is 14.4 Å². The largest absolute Gasteiger partial charge is 0.529 e. The molecule has 190 valence electrons. The Hall–Kier alpha value is -2.52. The number of thiol groups is 1. The maximum atomic E-state index is 13.7. The van der Waals surface area contributed by atoms with Crippen LogP contribution in [0.25, 0.3) is 10.8 Å². The van der Waals surface area contributed by atoms with Gasteiger partial charge in [0.05, 0.1) is 17.3 Å². The Balaban J connectivity index is 1.04. The van der Waals surface area contributed by atoms with E-state index in [2.05, 4.69) is 12.6 Å². The van der Waals surface area contributed by atoms with E-state index in [4.69, 9.17) is 18.9 Å². The van der Waals surface area contributed by atoms with E-state index >= 15 is 0 Å². The molecular formula is C28H27BO7S. The van der Waals surface area contributed by atoms with Gasteiger partial charge in [-0.25, -0.2) is 0 Å². The van der Waals surface area contributed by atoms with E-state index < -0.39 is 54.2 Å². The van der Waals surface area contributed by atoms with E-state index in [0.717, 1.165) is 34.9 Å². The summed E-state index contributed by atoms with van der Waals surface area (Å²) in [7, 11) is 0. The van der Waals surface area contributed by atoms with Crippen molar-refractivity contribution >= 4 is 48.2 Å². The summed E-state index contributed by atoms with van der Waals surface area (Å²) in [6.07, 6.45) is 5.58. The van der Waals surface area contributed by atoms with Crippen molar-refractivity contribution in [3.63, 3.8) is 0 Å². The molecule has 7 nitrogen and oxygen atoms in total. The van der Waals surface area contributed by atoms with E-state index in [1.165, 1.54) is 19.3 Å². The quantitative estimate of drug-likeness (QED) is 0.285. The third-order valence-corrected chi connectivity index (χ3v) is 10.2. The number of hydrogen-bond acceptors (Lipinski definition) is 8. The molecule has 9 rings (SSSR count). The predicted octanol–water partition coefficient (Wildman–Crippen LogP) is 3.80. The van der Waals surface area contributed by atoms with Crippen LogP contribution in [0.2, 0.25) is 0 Å². The molecule has 4 aliphatic carbocycles. The normalized spacial score (nSPS) is 40.4. The maximum Gasteiger partial charge on any atom is 0.435 e. The Morgan fingerprint density at radius 2 is 1.65 bits per heavy atom. The molecule has 3 aliphatic heterocycles. The number of esters is 2. The van der Waals surface area contributed by atoms with Crippen LogP contribution in [0, 0.1) is 35.0 Å². The first-order valence-corrected chi connectivity index (χ1v) is 13.8. The van der Waals surface area contributed by atoms with Gasteiger partial charge in [0.2, 0.25) is 0 Å². The molecule has 37 heavy (non-hydrogen) atoms. The lowest BCUT2D eigenvalue weighted by Gasteiger charge is -2.55. The van der Waals surface area contributed by atoms with Gasteiger partial charge in [-0.3, -0.25) is 14.4 Å². The molecule has 3 saturated heterocycles. The van der Waals surface area contributed by atoms with Crippen LogP contribution in [-0.4, -0.2) is 42.9 Å². The highest BCUT2D eigenvalue weighted by molar-refractivity contribution is 7.80. The van der Waals surface area contributed by atoms with Crippen LogP contribution in [0.1, 0.15) is 38.5 Å². The first kappa shape index (κ1) is 22.5. The fraction of sp³-hybridized carbons (Fsp3) is 0.536. The van der Waals surface area contributed by atoms with Crippen molar-refractivity contribution in [1.82, 2.24) is 0 Å². The third-order valence-electron chi connectivity index (χ3n) is 9.91. The second kappa shape index (κ2) is 7.76. The highest BCUT2D eigenvalue weighted by atomic mass is 32.1. The second-order valence-corrected chi connectivity index (χ2v) is 12.7. The molecular weight excluding hydrogens is 491 g/mol. The van der Waals surface area contributed by atoms with Crippen LogP contribution in [0.15, 0.2) is 41.3 Å².